The summed E-state index contributed by atoms with van der Waals surface area (Å²) in [5.41, 5.74) is 0.700. The molecule has 0 aliphatic carbocycles. The van der Waals surface area contributed by atoms with E-state index in [2.05, 4.69) is 16.3 Å². The maximum atomic E-state index is 11.7. The van der Waals surface area contributed by atoms with E-state index in [1.165, 1.54) is 6.08 Å². The largest absolute Gasteiger partial charge is 0.268 e. The van der Waals surface area contributed by atoms with Crippen molar-refractivity contribution in [2.75, 3.05) is 6.54 Å². The number of nitrogens with one attached hydrogen (secondary N) is 1. The Morgan fingerprint density at radius 3 is 2.88 bits per heavy atom. The van der Waals surface area contributed by atoms with Gasteiger partial charge in [-0.1, -0.05) is 18.2 Å². The number of sulfonamides is 1. The molecule has 2 rings (SSSR count). The Hall–Kier alpha value is -1.24. The molecule has 0 bridgehead atoms. The maximum absolute atomic E-state index is 11.7. The second kappa shape index (κ2) is 4.32. The van der Waals surface area contributed by atoms with Crippen molar-refractivity contribution in [2.24, 2.45) is 0 Å². The molecule has 0 spiro atoms. The zero-order valence-electron chi connectivity index (χ0n) is 8.38. The van der Waals surface area contributed by atoms with E-state index < -0.39 is 10.0 Å². The summed E-state index contributed by atoms with van der Waals surface area (Å²) in [7, 11) is -3.50. The van der Waals surface area contributed by atoms with Gasteiger partial charge in [-0.3, -0.25) is 0 Å². The summed E-state index contributed by atoms with van der Waals surface area (Å²) >= 11 is 1.16. The topological polar surface area (TPSA) is 59.1 Å². The third-order valence-corrected chi connectivity index (χ3v) is 4.76. The van der Waals surface area contributed by atoms with E-state index in [9.17, 15) is 8.42 Å². The van der Waals surface area contributed by atoms with Gasteiger partial charge in [0.05, 0.1) is 10.2 Å². The number of rotatable bonds is 4. The average Bonchev–Trinajstić information content (AvgIpc) is 2.71. The molecule has 0 atom stereocenters. The molecule has 1 N–H and O–H groups in total. The smallest absolute Gasteiger partial charge is 0.224 e. The third kappa shape index (κ3) is 2.13. The minimum Gasteiger partial charge on any atom is -0.224 e. The molecule has 0 fully saturated rings. The molecule has 6 heteroatoms. The summed E-state index contributed by atoms with van der Waals surface area (Å²) in [5.74, 6) is 0. The molecule has 0 saturated heterocycles. The van der Waals surface area contributed by atoms with Crippen LogP contribution in [0.2, 0.25) is 0 Å². The zero-order chi connectivity index (χ0) is 11.6. The van der Waals surface area contributed by atoms with Gasteiger partial charge in [0.25, 0.3) is 10.0 Å². The zero-order valence-corrected chi connectivity index (χ0v) is 10.0. The first kappa shape index (κ1) is 11.3. The second-order valence-corrected chi connectivity index (χ2v) is 6.06. The number of nitrogens with zero attached hydrogens (tertiary/aromatic N) is 1. The second-order valence-electron chi connectivity index (χ2n) is 3.09. The van der Waals surface area contributed by atoms with Gasteiger partial charge in [-0.25, -0.2) is 18.1 Å². The van der Waals surface area contributed by atoms with Crippen LogP contribution in [-0.2, 0) is 10.0 Å². The van der Waals surface area contributed by atoms with Crippen molar-refractivity contribution < 1.29 is 8.42 Å². The molecule has 1 heterocycles. The van der Waals surface area contributed by atoms with Crippen LogP contribution in [0.3, 0.4) is 0 Å². The molecule has 0 aliphatic rings. The number of para-hydroxylation sites is 1. The van der Waals surface area contributed by atoms with E-state index >= 15 is 0 Å². The minimum atomic E-state index is -3.50. The Bertz CT molecular complexity index is 584. The first-order valence-electron chi connectivity index (χ1n) is 4.59. The summed E-state index contributed by atoms with van der Waals surface area (Å²) in [4.78, 5) is 4.07. The van der Waals surface area contributed by atoms with Crippen LogP contribution in [0, 0.1) is 0 Å². The number of aromatic nitrogens is 1. The molecule has 0 unspecified atom stereocenters. The fourth-order valence-electron chi connectivity index (χ4n) is 1.20. The van der Waals surface area contributed by atoms with Crippen LogP contribution in [0.1, 0.15) is 0 Å². The normalized spacial score (nSPS) is 11.8. The van der Waals surface area contributed by atoms with E-state index in [0.717, 1.165) is 16.0 Å². The van der Waals surface area contributed by atoms with E-state index in [4.69, 9.17) is 0 Å². The van der Waals surface area contributed by atoms with Crippen LogP contribution in [0.4, 0.5) is 0 Å². The van der Waals surface area contributed by atoms with Crippen molar-refractivity contribution >= 4 is 31.6 Å². The molecule has 0 radical (unpaired) electrons. The minimum absolute atomic E-state index is 0.0931. The average molecular weight is 254 g/mol. The summed E-state index contributed by atoms with van der Waals surface area (Å²) in [5, 5.41) is 0. The molecule has 0 amide bonds. The fraction of sp³-hybridized carbons (Fsp3) is 0.100. The van der Waals surface area contributed by atoms with E-state index in [1.54, 1.807) is 6.07 Å². The highest BCUT2D eigenvalue weighted by Crippen LogP contribution is 2.24. The molecule has 84 valence electrons. The molecule has 1 aromatic carbocycles. The number of thiazole rings is 1. The standard InChI is InChI=1S/C10H10N2O2S2/c1-2-7-11-16(13,14)10-12-8-5-3-4-6-9(8)15-10/h2-6,11H,1,7H2. The van der Waals surface area contributed by atoms with Crippen molar-refractivity contribution in [2.45, 2.75) is 4.34 Å². The quantitative estimate of drug-likeness (QED) is 0.846. The van der Waals surface area contributed by atoms with Gasteiger partial charge in [-0.2, -0.15) is 0 Å². The highest BCUT2D eigenvalue weighted by atomic mass is 32.2. The van der Waals surface area contributed by atoms with E-state index in [1.807, 2.05) is 18.2 Å². The highest BCUT2D eigenvalue weighted by Gasteiger charge is 2.17. The summed E-state index contributed by atoms with van der Waals surface area (Å²) in [6, 6.07) is 7.32. The molecular formula is C10H10N2O2S2. The summed E-state index contributed by atoms with van der Waals surface area (Å²) in [6.07, 6.45) is 1.49. The van der Waals surface area contributed by atoms with Crippen LogP contribution >= 0.6 is 11.3 Å². The van der Waals surface area contributed by atoms with Crippen LogP contribution in [0.5, 0.6) is 0 Å². The fourth-order valence-corrected chi connectivity index (χ4v) is 3.46. The SMILES string of the molecule is C=CCNS(=O)(=O)c1nc2ccccc2s1. The predicted octanol–water partition coefficient (Wildman–Crippen LogP) is 1.76. The van der Waals surface area contributed by atoms with Crippen molar-refractivity contribution in [1.82, 2.24) is 9.71 Å². The maximum Gasteiger partial charge on any atom is 0.268 e. The number of hydrogen-bond acceptors (Lipinski definition) is 4. The van der Waals surface area contributed by atoms with Gasteiger partial charge in [-0.15, -0.1) is 17.9 Å². The molecule has 2 aromatic rings. The first-order chi connectivity index (χ1) is 7.63. The molecule has 1 aromatic heterocycles. The molecule has 0 aliphatic heterocycles. The van der Waals surface area contributed by atoms with Gasteiger partial charge in [0.15, 0.2) is 0 Å². The number of hydrogen-bond donors (Lipinski definition) is 1. The van der Waals surface area contributed by atoms with Crippen molar-refractivity contribution in [3.8, 4) is 0 Å². The van der Waals surface area contributed by atoms with Gasteiger partial charge < -0.3 is 0 Å². The Morgan fingerprint density at radius 1 is 1.44 bits per heavy atom. The van der Waals surface area contributed by atoms with Gasteiger partial charge in [0.2, 0.25) is 4.34 Å². The van der Waals surface area contributed by atoms with Gasteiger partial charge >= 0.3 is 0 Å². The molecule has 4 nitrogen and oxygen atoms in total. The predicted molar refractivity (Wildman–Crippen MR) is 65.0 cm³/mol. The lowest BCUT2D eigenvalue weighted by Gasteiger charge is -1.98. The van der Waals surface area contributed by atoms with Crippen molar-refractivity contribution in [3.63, 3.8) is 0 Å². The van der Waals surface area contributed by atoms with Crippen LogP contribution in [0.25, 0.3) is 10.2 Å². The highest BCUT2D eigenvalue weighted by molar-refractivity contribution is 7.91. The van der Waals surface area contributed by atoms with Gasteiger partial charge in [0.1, 0.15) is 0 Å². The summed E-state index contributed by atoms with van der Waals surface area (Å²) < 4.78 is 26.8. The third-order valence-electron chi connectivity index (χ3n) is 1.92. The Morgan fingerprint density at radius 2 is 2.19 bits per heavy atom. The monoisotopic (exact) mass is 254 g/mol. The molecule has 16 heavy (non-hydrogen) atoms. The Labute approximate surface area is 97.7 Å². The van der Waals surface area contributed by atoms with Crippen molar-refractivity contribution in [1.29, 1.82) is 0 Å². The molecule has 0 saturated carbocycles. The number of fused-ring (bicyclic) bond motifs is 1. The van der Waals surface area contributed by atoms with Crippen LogP contribution in [0.15, 0.2) is 41.3 Å². The van der Waals surface area contributed by atoms with E-state index in [-0.39, 0.29) is 10.9 Å². The van der Waals surface area contributed by atoms with Crippen LogP contribution in [-0.4, -0.2) is 19.9 Å². The number of benzene rings is 1. The lowest BCUT2D eigenvalue weighted by molar-refractivity contribution is 0.585. The van der Waals surface area contributed by atoms with Crippen molar-refractivity contribution in [3.05, 3.63) is 36.9 Å². The Balaban J connectivity index is 2.43. The van der Waals surface area contributed by atoms with E-state index in [0.29, 0.717) is 5.52 Å². The van der Waals surface area contributed by atoms with Gasteiger partial charge in [0, 0.05) is 6.54 Å². The Kier molecular flexibility index (Phi) is 3.04. The lowest BCUT2D eigenvalue weighted by Crippen LogP contribution is -2.23. The van der Waals surface area contributed by atoms with Gasteiger partial charge in [-0.05, 0) is 12.1 Å². The van der Waals surface area contributed by atoms with Crippen LogP contribution < -0.4 is 4.72 Å². The summed E-state index contributed by atoms with van der Waals surface area (Å²) in [6.45, 7) is 3.66. The molecular weight excluding hydrogens is 244 g/mol. The lowest BCUT2D eigenvalue weighted by atomic mass is 10.3. The first-order valence-corrected chi connectivity index (χ1v) is 6.89.